The second kappa shape index (κ2) is 8.65. The Morgan fingerprint density at radius 2 is 1.56 bits per heavy atom. The van der Waals surface area contributed by atoms with E-state index in [9.17, 15) is 4.79 Å². The van der Waals surface area contributed by atoms with Gasteiger partial charge in [-0.3, -0.25) is 4.79 Å². The molecule has 2 heterocycles. The largest absolute Gasteiger partial charge is 0.308 e. The molecule has 0 spiro atoms. The van der Waals surface area contributed by atoms with Gasteiger partial charge in [-0.1, -0.05) is 78.4 Å². The quantitative estimate of drug-likeness (QED) is 0.407. The minimum absolute atomic E-state index is 0.106. The molecule has 0 amide bonds. The average Bonchev–Trinajstić information content (AvgIpc) is 3.20. The number of fused-ring (bicyclic) bond motifs is 1. The number of H-pyrrole nitrogens is 1. The van der Waals surface area contributed by atoms with E-state index < -0.39 is 0 Å². The molecule has 0 saturated carbocycles. The molecule has 0 bridgehead atoms. The molecule has 0 aliphatic carbocycles. The molecule has 3 aromatic carbocycles. The van der Waals surface area contributed by atoms with Gasteiger partial charge in [0.25, 0.3) is 5.56 Å². The number of aryl methyl sites for hydroxylation is 1. The van der Waals surface area contributed by atoms with Crippen molar-refractivity contribution >= 4 is 11.0 Å². The van der Waals surface area contributed by atoms with Gasteiger partial charge in [0, 0.05) is 29.6 Å². The standard InChI is InChI=1S/C27H24N4O/c1-19-12-14-20(15-13-19)17-28-18-22-16-24-25(21-8-4-2-5-9-21)30-31(26(24)29-27(22)32)23-10-6-3-7-11-23/h2-16,28H,17-18H2,1H3,(H,29,32). The molecule has 5 aromatic rings. The fraction of sp³-hybridized carbons (Fsp3) is 0.111. The van der Waals surface area contributed by atoms with Crippen LogP contribution in [0.1, 0.15) is 16.7 Å². The van der Waals surface area contributed by atoms with Gasteiger partial charge in [-0.2, -0.15) is 5.10 Å². The zero-order valence-electron chi connectivity index (χ0n) is 17.9. The Kier molecular flexibility index (Phi) is 5.40. The van der Waals surface area contributed by atoms with Crippen molar-refractivity contribution in [1.82, 2.24) is 20.1 Å². The Morgan fingerprint density at radius 1 is 0.875 bits per heavy atom. The van der Waals surface area contributed by atoms with Crippen molar-refractivity contribution in [3.8, 4) is 16.9 Å². The van der Waals surface area contributed by atoms with Gasteiger partial charge in [-0.05, 0) is 30.7 Å². The van der Waals surface area contributed by atoms with E-state index in [1.807, 2.05) is 71.4 Å². The lowest BCUT2D eigenvalue weighted by Crippen LogP contribution is -2.21. The van der Waals surface area contributed by atoms with E-state index in [2.05, 4.69) is 41.5 Å². The zero-order chi connectivity index (χ0) is 21.9. The van der Waals surface area contributed by atoms with E-state index in [1.165, 1.54) is 11.1 Å². The van der Waals surface area contributed by atoms with E-state index in [0.29, 0.717) is 24.3 Å². The second-order valence-electron chi connectivity index (χ2n) is 7.94. The monoisotopic (exact) mass is 420 g/mol. The molecule has 2 aromatic heterocycles. The SMILES string of the molecule is Cc1ccc(CNCc2cc3c(-c4ccccc4)nn(-c4ccccc4)c3[nH]c2=O)cc1. The summed E-state index contributed by atoms with van der Waals surface area (Å²) >= 11 is 0. The first-order valence-electron chi connectivity index (χ1n) is 10.7. The van der Waals surface area contributed by atoms with Crippen LogP contribution in [0.3, 0.4) is 0 Å². The highest BCUT2D eigenvalue weighted by Crippen LogP contribution is 2.28. The first-order chi connectivity index (χ1) is 15.7. The van der Waals surface area contributed by atoms with Crippen molar-refractivity contribution < 1.29 is 0 Å². The van der Waals surface area contributed by atoms with Crippen molar-refractivity contribution in [3.05, 3.63) is 118 Å². The zero-order valence-corrected chi connectivity index (χ0v) is 17.9. The molecule has 5 rings (SSSR count). The molecule has 32 heavy (non-hydrogen) atoms. The van der Waals surface area contributed by atoms with Gasteiger partial charge in [0.15, 0.2) is 0 Å². The third-order valence-corrected chi connectivity index (χ3v) is 5.58. The molecule has 158 valence electrons. The number of benzene rings is 3. The summed E-state index contributed by atoms with van der Waals surface area (Å²) in [5.41, 5.74) is 6.47. The second-order valence-corrected chi connectivity index (χ2v) is 7.94. The predicted octanol–water partition coefficient (Wildman–Crippen LogP) is 4.98. The number of aromatic amines is 1. The first kappa shape index (κ1) is 20.0. The summed E-state index contributed by atoms with van der Waals surface area (Å²) in [5.74, 6) is 0. The number of hydrogen-bond donors (Lipinski definition) is 2. The molecule has 0 aliphatic rings. The summed E-state index contributed by atoms with van der Waals surface area (Å²) < 4.78 is 1.81. The lowest BCUT2D eigenvalue weighted by atomic mass is 10.1. The number of rotatable bonds is 6. The molecule has 5 nitrogen and oxygen atoms in total. The average molecular weight is 421 g/mol. The highest BCUT2D eigenvalue weighted by atomic mass is 16.1. The molecular weight excluding hydrogens is 396 g/mol. The summed E-state index contributed by atoms with van der Waals surface area (Å²) in [7, 11) is 0. The maximum Gasteiger partial charge on any atom is 0.254 e. The number of nitrogens with one attached hydrogen (secondary N) is 2. The Morgan fingerprint density at radius 3 is 2.28 bits per heavy atom. The van der Waals surface area contributed by atoms with Gasteiger partial charge in [0.05, 0.1) is 5.69 Å². The van der Waals surface area contributed by atoms with Crippen LogP contribution in [0.4, 0.5) is 0 Å². The van der Waals surface area contributed by atoms with E-state index in [1.54, 1.807) is 0 Å². The number of nitrogens with zero attached hydrogens (tertiary/aromatic N) is 2. The molecule has 0 radical (unpaired) electrons. The normalized spacial score (nSPS) is 11.2. The van der Waals surface area contributed by atoms with Crippen molar-refractivity contribution in [2.45, 2.75) is 20.0 Å². The number of pyridine rings is 1. The highest BCUT2D eigenvalue weighted by molar-refractivity contribution is 5.92. The Balaban J connectivity index is 1.54. The molecule has 0 unspecified atom stereocenters. The summed E-state index contributed by atoms with van der Waals surface area (Å²) in [6, 6.07) is 30.3. The Labute approximate surface area is 186 Å². The minimum atomic E-state index is -0.106. The lowest BCUT2D eigenvalue weighted by molar-refractivity contribution is 0.688. The van der Waals surface area contributed by atoms with Gasteiger partial charge in [0.2, 0.25) is 0 Å². The van der Waals surface area contributed by atoms with Crippen LogP contribution in [0.25, 0.3) is 28.0 Å². The third-order valence-electron chi connectivity index (χ3n) is 5.58. The number of hydrogen-bond acceptors (Lipinski definition) is 3. The van der Waals surface area contributed by atoms with Crippen LogP contribution in [0, 0.1) is 6.92 Å². The summed E-state index contributed by atoms with van der Waals surface area (Å²) in [4.78, 5) is 16.0. The third kappa shape index (κ3) is 3.98. The maximum atomic E-state index is 12.9. The van der Waals surface area contributed by atoms with Gasteiger partial charge in [-0.15, -0.1) is 0 Å². The molecule has 5 heteroatoms. The van der Waals surface area contributed by atoms with E-state index >= 15 is 0 Å². The van der Waals surface area contributed by atoms with Gasteiger partial charge in [-0.25, -0.2) is 4.68 Å². The van der Waals surface area contributed by atoms with Crippen molar-refractivity contribution in [3.63, 3.8) is 0 Å². The fourth-order valence-corrected chi connectivity index (χ4v) is 3.86. The van der Waals surface area contributed by atoms with Crippen LogP contribution in [0.5, 0.6) is 0 Å². The van der Waals surface area contributed by atoms with Gasteiger partial charge < -0.3 is 10.3 Å². The molecule has 0 atom stereocenters. The van der Waals surface area contributed by atoms with Crippen LogP contribution >= 0.6 is 0 Å². The van der Waals surface area contributed by atoms with Gasteiger partial charge in [0.1, 0.15) is 11.3 Å². The number of para-hydroxylation sites is 1. The minimum Gasteiger partial charge on any atom is -0.308 e. The first-order valence-corrected chi connectivity index (χ1v) is 10.7. The van der Waals surface area contributed by atoms with Crippen LogP contribution in [0.2, 0.25) is 0 Å². The summed E-state index contributed by atoms with van der Waals surface area (Å²) in [6.07, 6.45) is 0. The summed E-state index contributed by atoms with van der Waals surface area (Å²) in [6.45, 7) is 3.25. The Bertz CT molecular complexity index is 1400. The fourth-order valence-electron chi connectivity index (χ4n) is 3.86. The van der Waals surface area contributed by atoms with Crippen LogP contribution in [-0.4, -0.2) is 14.8 Å². The Hall–Kier alpha value is -3.96. The van der Waals surface area contributed by atoms with Crippen LogP contribution < -0.4 is 10.9 Å². The lowest BCUT2D eigenvalue weighted by Gasteiger charge is -2.07. The smallest absolute Gasteiger partial charge is 0.254 e. The molecule has 0 aliphatic heterocycles. The van der Waals surface area contributed by atoms with Crippen molar-refractivity contribution in [1.29, 1.82) is 0 Å². The van der Waals surface area contributed by atoms with Crippen molar-refractivity contribution in [2.75, 3.05) is 0 Å². The topological polar surface area (TPSA) is 62.7 Å². The molecule has 2 N–H and O–H groups in total. The molecule has 0 saturated heterocycles. The highest BCUT2D eigenvalue weighted by Gasteiger charge is 2.16. The van der Waals surface area contributed by atoms with Crippen LogP contribution in [0.15, 0.2) is 95.8 Å². The van der Waals surface area contributed by atoms with E-state index in [4.69, 9.17) is 5.10 Å². The number of aromatic nitrogens is 3. The van der Waals surface area contributed by atoms with Crippen LogP contribution in [-0.2, 0) is 13.1 Å². The van der Waals surface area contributed by atoms with Crippen molar-refractivity contribution in [2.24, 2.45) is 0 Å². The van der Waals surface area contributed by atoms with Gasteiger partial charge >= 0.3 is 0 Å². The maximum absolute atomic E-state index is 12.9. The predicted molar refractivity (Wildman–Crippen MR) is 129 cm³/mol. The van der Waals surface area contributed by atoms with E-state index in [-0.39, 0.29) is 5.56 Å². The van der Waals surface area contributed by atoms with E-state index in [0.717, 1.165) is 22.3 Å². The molecule has 0 fully saturated rings. The molecular formula is C27H24N4O. The summed E-state index contributed by atoms with van der Waals surface area (Å²) in [5, 5.41) is 9.19.